The van der Waals surface area contributed by atoms with Gasteiger partial charge in [-0.1, -0.05) is 32.0 Å². The van der Waals surface area contributed by atoms with Crippen molar-refractivity contribution in [2.45, 2.75) is 40.5 Å². The first kappa shape index (κ1) is 24.4. The van der Waals surface area contributed by atoms with Crippen molar-refractivity contribution in [3.63, 3.8) is 0 Å². The first-order valence-corrected chi connectivity index (χ1v) is 13.4. The topological polar surface area (TPSA) is 75.7 Å². The SMILES string of the molecule is CCc1ccccc1-n1nc(-c2c(C)nc3scc(CC(=O)N4CCN(CC)CC4)n3c2=O)cc1C. The number of hydrogen-bond donors (Lipinski definition) is 0. The van der Waals surface area contributed by atoms with Crippen LogP contribution in [0.1, 0.15) is 36.5 Å². The lowest BCUT2D eigenvalue weighted by Crippen LogP contribution is -2.49. The number of carbonyl (C=O) groups is 1. The van der Waals surface area contributed by atoms with Gasteiger partial charge in [-0.3, -0.25) is 14.0 Å². The Bertz CT molecular complexity index is 1480. The van der Waals surface area contributed by atoms with Crippen LogP contribution in [0.5, 0.6) is 0 Å². The third-order valence-electron chi connectivity index (χ3n) is 7.07. The van der Waals surface area contributed by atoms with Crippen LogP contribution in [0.2, 0.25) is 0 Å². The fourth-order valence-electron chi connectivity index (χ4n) is 4.96. The maximum absolute atomic E-state index is 13.8. The molecule has 5 rings (SSSR count). The predicted octanol–water partition coefficient (Wildman–Crippen LogP) is 3.49. The Balaban J connectivity index is 1.51. The number of fused-ring (bicyclic) bond motifs is 1. The molecule has 9 heteroatoms. The van der Waals surface area contributed by atoms with Crippen molar-refractivity contribution in [1.29, 1.82) is 0 Å². The average Bonchev–Trinajstić information content (AvgIpc) is 3.46. The molecule has 0 atom stereocenters. The number of likely N-dealkylation sites (N-methyl/N-ethyl adjacent to an activating group) is 1. The highest BCUT2D eigenvalue weighted by Gasteiger charge is 2.24. The quantitative estimate of drug-likeness (QED) is 0.402. The van der Waals surface area contributed by atoms with E-state index in [0.29, 0.717) is 27.6 Å². The second kappa shape index (κ2) is 9.99. The molecular weight excluding hydrogens is 472 g/mol. The van der Waals surface area contributed by atoms with E-state index in [1.54, 1.807) is 4.40 Å². The highest BCUT2D eigenvalue weighted by atomic mass is 32.1. The van der Waals surface area contributed by atoms with E-state index in [1.807, 2.05) is 53.1 Å². The summed E-state index contributed by atoms with van der Waals surface area (Å²) in [6.45, 7) is 12.3. The fraction of sp³-hybridized carbons (Fsp3) is 0.407. The van der Waals surface area contributed by atoms with Crippen molar-refractivity contribution in [2.24, 2.45) is 0 Å². The maximum Gasteiger partial charge on any atom is 0.268 e. The van der Waals surface area contributed by atoms with Crippen molar-refractivity contribution in [1.82, 2.24) is 29.0 Å². The predicted molar refractivity (Wildman–Crippen MR) is 143 cm³/mol. The summed E-state index contributed by atoms with van der Waals surface area (Å²) >= 11 is 1.40. The highest BCUT2D eigenvalue weighted by Crippen LogP contribution is 2.25. The molecule has 8 nitrogen and oxygen atoms in total. The first-order chi connectivity index (χ1) is 17.4. The monoisotopic (exact) mass is 504 g/mol. The number of benzene rings is 1. The van der Waals surface area contributed by atoms with Gasteiger partial charge in [-0.2, -0.15) is 5.10 Å². The number of piperazine rings is 1. The molecule has 4 heterocycles. The Morgan fingerprint density at radius 1 is 1.08 bits per heavy atom. The lowest BCUT2D eigenvalue weighted by Gasteiger charge is -2.34. The van der Waals surface area contributed by atoms with Gasteiger partial charge < -0.3 is 9.80 Å². The summed E-state index contributed by atoms with van der Waals surface area (Å²) in [5.74, 6) is 0.0516. The molecule has 1 aliphatic rings. The van der Waals surface area contributed by atoms with Crippen molar-refractivity contribution in [3.8, 4) is 16.9 Å². The van der Waals surface area contributed by atoms with Gasteiger partial charge in [0.05, 0.1) is 23.4 Å². The number of aryl methyl sites for hydroxylation is 3. The maximum atomic E-state index is 13.8. The normalized spacial score (nSPS) is 14.6. The molecule has 1 aromatic carbocycles. The van der Waals surface area contributed by atoms with Gasteiger partial charge in [0.15, 0.2) is 4.96 Å². The average molecular weight is 505 g/mol. The number of para-hydroxylation sites is 1. The highest BCUT2D eigenvalue weighted by molar-refractivity contribution is 7.15. The summed E-state index contributed by atoms with van der Waals surface area (Å²) < 4.78 is 3.50. The zero-order valence-electron chi connectivity index (χ0n) is 21.3. The Morgan fingerprint density at radius 3 is 2.56 bits per heavy atom. The van der Waals surface area contributed by atoms with Crippen molar-refractivity contribution < 1.29 is 4.79 Å². The van der Waals surface area contributed by atoms with E-state index >= 15 is 0 Å². The van der Waals surface area contributed by atoms with Gasteiger partial charge in [0.1, 0.15) is 5.69 Å². The van der Waals surface area contributed by atoms with E-state index in [0.717, 1.165) is 50.5 Å². The van der Waals surface area contributed by atoms with Crippen LogP contribution in [-0.4, -0.2) is 67.6 Å². The summed E-state index contributed by atoms with van der Waals surface area (Å²) in [5.41, 5.74) is 5.38. The van der Waals surface area contributed by atoms with Crippen LogP contribution < -0.4 is 5.56 Å². The molecule has 188 valence electrons. The lowest BCUT2D eigenvalue weighted by molar-refractivity contribution is -0.132. The van der Waals surface area contributed by atoms with Crippen LogP contribution in [0.3, 0.4) is 0 Å². The molecule has 0 radical (unpaired) electrons. The molecule has 0 bridgehead atoms. The minimum absolute atomic E-state index is 0.0516. The second-order valence-corrected chi connectivity index (χ2v) is 10.1. The number of carbonyl (C=O) groups excluding carboxylic acids is 1. The number of hydrogen-bond acceptors (Lipinski definition) is 6. The zero-order chi connectivity index (χ0) is 25.4. The molecule has 1 aliphatic heterocycles. The van der Waals surface area contributed by atoms with E-state index < -0.39 is 0 Å². The van der Waals surface area contributed by atoms with Crippen molar-refractivity contribution in [3.05, 3.63) is 68.7 Å². The van der Waals surface area contributed by atoms with Gasteiger partial charge in [-0.25, -0.2) is 9.67 Å². The number of rotatable bonds is 6. The molecule has 0 unspecified atom stereocenters. The van der Waals surface area contributed by atoms with Crippen LogP contribution in [0.25, 0.3) is 21.9 Å². The summed E-state index contributed by atoms with van der Waals surface area (Å²) in [4.78, 5) is 36.4. The van der Waals surface area contributed by atoms with Gasteiger partial charge in [0.25, 0.3) is 5.56 Å². The number of nitrogens with zero attached hydrogens (tertiary/aromatic N) is 6. The minimum Gasteiger partial charge on any atom is -0.340 e. The van der Waals surface area contributed by atoms with E-state index in [9.17, 15) is 9.59 Å². The summed E-state index contributed by atoms with van der Waals surface area (Å²) in [7, 11) is 0. The van der Waals surface area contributed by atoms with Crippen molar-refractivity contribution >= 4 is 22.2 Å². The van der Waals surface area contributed by atoms with E-state index in [1.165, 1.54) is 16.9 Å². The standard InChI is InChI=1S/C27H32N6O2S/c1-5-20-9-7-8-10-23(20)33-18(3)15-22(29-33)25-19(4)28-27-32(26(25)35)21(17-36-27)16-24(34)31-13-11-30(6-2)12-14-31/h7-10,15,17H,5-6,11-14,16H2,1-4H3. The summed E-state index contributed by atoms with van der Waals surface area (Å²) in [6, 6.07) is 10.1. The van der Waals surface area contributed by atoms with Crippen molar-refractivity contribution in [2.75, 3.05) is 32.7 Å². The molecule has 1 fully saturated rings. The third kappa shape index (κ3) is 4.37. The number of thiazole rings is 1. The summed E-state index contributed by atoms with van der Waals surface area (Å²) in [6.07, 6.45) is 1.08. The van der Waals surface area contributed by atoms with Gasteiger partial charge in [-0.05, 0) is 44.5 Å². The Labute approximate surface area is 214 Å². The first-order valence-electron chi connectivity index (χ1n) is 12.6. The van der Waals surface area contributed by atoms with Gasteiger partial charge in [0.2, 0.25) is 5.91 Å². The van der Waals surface area contributed by atoms with Crippen LogP contribution in [0.4, 0.5) is 0 Å². The minimum atomic E-state index is -0.175. The van der Waals surface area contributed by atoms with Crippen LogP contribution in [0, 0.1) is 13.8 Å². The molecule has 0 saturated carbocycles. The molecule has 3 aromatic heterocycles. The molecular formula is C27H32N6O2S. The fourth-order valence-corrected chi connectivity index (χ4v) is 5.89. The lowest BCUT2D eigenvalue weighted by atomic mass is 10.1. The van der Waals surface area contributed by atoms with Crippen LogP contribution in [-0.2, 0) is 17.6 Å². The molecule has 0 spiro atoms. The third-order valence-corrected chi connectivity index (χ3v) is 7.94. The van der Waals surface area contributed by atoms with Gasteiger partial charge in [-0.15, -0.1) is 11.3 Å². The number of amides is 1. The van der Waals surface area contributed by atoms with Gasteiger partial charge in [0, 0.05) is 42.9 Å². The van der Waals surface area contributed by atoms with E-state index in [-0.39, 0.29) is 17.9 Å². The van der Waals surface area contributed by atoms with Crippen LogP contribution in [0.15, 0.2) is 40.5 Å². The van der Waals surface area contributed by atoms with Crippen LogP contribution >= 0.6 is 11.3 Å². The molecule has 1 saturated heterocycles. The molecule has 0 aliphatic carbocycles. The smallest absolute Gasteiger partial charge is 0.268 e. The molecule has 36 heavy (non-hydrogen) atoms. The summed E-state index contributed by atoms with van der Waals surface area (Å²) in [5, 5.41) is 6.72. The van der Waals surface area contributed by atoms with Gasteiger partial charge >= 0.3 is 0 Å². The van der Waals surface area contributed by atoms with E-state index in [2.05, 4.69) is 24.8 Å². The number of aromatic nitrogens is 4. The molecule has 0 N–H and O–H groups in total. The zero-order valence-corrected chi connectivity index (χ0v) is 22.1. The molecule has 4 aromatic rings. The Hall–Kier alpha value is -3.30. The molecule has 1 amide bonds. The largest absolute Gasteiger partial charge is 0.340 e. The van der Waals surface area contributed by atoms with E-state index in [4.69, 9.17) is 10.1 Å². The Kier molecular flexibility index (Phi) is 6.77. The Morgan fingerprint density at radius 2 is 1.83 bits per heavy atom. The second-order valence-electron chi connectivity index (χ2n) is 9.28.